The van der Waals surface area contributed by atoms with E-state index in [9.17, 15) is 0 Å². The fourth-order valence-electron chi connectivity index (χ4n) is 1.23. The smallest absolute Gasteiger partial charge is 0.218 e. The van der Waals surface area contributed by atoms with Crippen LogP contribution in [0.3, 0.4) is 0 Å². The van der Waals surface area contributed by atoms with Gasteiger partial charge in [-0.05, 0) is 6.42 Å². The lowest BCUT2D eigenvalue weighted by Gasteiger charge is -2.06. The van der Waals surface area contributed by atoms with E-state index in [0.29, 0.717) is 12.5 Å². The normalized spacial score (nSPS) is 10.2. The molecule has 2 rings (SSSR count). The third-order valence-electron chi connectivity index (χ3n) is 2.02. The van der Waals surface area contributed by atoms with Gasteiger partial charge in [0.05, 0.1) is 18.7 Å². The van der Waals surface area contributed by atoms with E-state index in [4.69, 9.17) is 4.74 Å². The minimum atomic E-state index is 0.605. The highest BCUT2D eigenvalue weighted by molar-refractivity contribution is 7.09. The molecule has 0 unspecified atom stereocenters. The highest BCUT2D eigenvalue weighted by Gasteiger charge is 2.00. The summed E-state index contributed by atoms with van der Waals surface area (Å²) in [4.78, 5) is 13.3. The van der Waals surface area contributed by atoms with Crippen molar-refractivity contribution in [2.75, 3.05) is 11.9 Å². The van der Waals surface area contributed by atoms with Crippen LogP contribution in [0.25, 0.3) is 0 Å². The molecule has 5 nitrogen and oxygen atoms in total. The Morgan fingerprint density at radius 2 is 2.35 bits per heavy atom. The van der Waals surface area contributed by atoms with Gasteiger partial charge in [-0.3, -0.25) is 4.98 Å². The van der Waals surface area contributed by atoms with Crippen LogP contribution in [0.2, 0.25) is 0 Å². The summed E-state index contributed by atoms with van der Waals surface area (Å²) in [6.07, 6.45) is 4.31. The Hall–Kier alpha value is -1.69. The molecule has 2 aromatic rings. The van der Waals surface area contributed by atoms with Crippen molar-refractivity contribution in [2.24, 2.45) is 0 Å². The molecule has 1 N–H and O–H groups in total. The second-order valence-corrected chi connectivity index (χ2v) is 4.38. The molecule has 0 spiro atoms. The average molecular weight is 250 g/mol. The number of ether oxygens (including phenoxy) is 1. The topological polar surface area (TPSA) is 59.9 Å². The molecule has 90 valence electrons. The lowest BCUT2D eigenvalue weighted by molar-refractivity contribution is 0.305. The Kier molecular flexibility index (Phi) is 4.26. The molecule has 0 amide bonds. The molecule has 0 bridgehead atoms. The van der Waals surface area contributed by atoms with Gasteiger partial charge in [0, 0.05) is 17.1 Å². The summed E-state index contributed by atoms with van der Waals surface area (Å²) in [7, 11) is 0. The van der Waals surface area contributed by atoms with Crippen molar-refractivity contribution in [1.82, 2.24) is 15.0 Å². The molecule has 2 aromatic heterocycles. The molecule has 0 atom stereocenters. The molecule has 17 heavy (non-hydrogen) atoms. The Labute approximate surface area is 104 Å². The molecule has 0 aliphatic rings. The Bertz CT molecular complexity index is 446. The van der Waals surface area contributed by atoms with Crippen molar-refractivity contribution in [3.05, 3.63) is 29.0 Å². The van der Waals surface area contributed by atoms with Crippen LogP contribution >= 0.6 is 11.3 Å². The molecule has 0 saturated heterocycles. The van der Waals surface area contributed by atoms with Gasteiger partial charge in [0.25, 0.3) is 0 Å². The van der Waals surface area contributed by atoms with Crippen molar-refractivity contribution < 1.29 is 4.74 Å². The van der Waals surface area contributed by atoms with Gasteiger partial charge >= 0.3 is 0 Å². The van der Waals surface area contributed by atoms with E-state index in [1.54, 1.807) is 17.4 Å². The summed E-state index contributed by atoms with van der Waals surface area (Å²) in [5.74, 6) is 1.37. The molecule has 0 aliphatic carbocycles. The maximum absolute atomic E-state index is 5.43. The van der Waals surface area contributed by atoms with E-state index in [1.807, 2.05) is 11.7 Å². The summed E-state index contributed by atoms with van der Waals surface area (Å²) in [6, 6.07) is 1.80. The maximum atomic E-state index is 5.43. The molecule has 0 aromatic carbocycles. The standard InChI is InChI=1S/C11H14N4OS/c1-2-3-16-11-4-10(14-7-15-11)13-6-9-5-12-8-17-9/h4-5,7-8H,2-3,6H2,1H3,(H,13,14,15). The number of nitrogens with one attached hydrogen (secondary N) is 1. The Morgan fingerprint density at radius 1 is 1.41 bits per heavy atom. The summed E-state index contributed by atoms with van der Waals surface area (Å²) in [5.41, 5.74) is 1.81. The van der Waals surface area contributed by atoms with Crippen LogP contribution in [-0.2, 0) is 6.54 Å². The number of thiazole rings is 1. The van der Waals surface area contributed by atoms with Gasteiger partial charge in [-0.2, -0.15) is 0 Å². The van der Waals surface area contributed by atoms with E-state index >= 15 is 0 Å². The van der Waals surface area contributed by atoms with E-state index in [1.165, 1.54) is 11.2 Å². The van der Waals surface area contributed by atoms with Crippen LogP contribution in [-0.4, -0.2) is 21.6 Å². The predicted octanol–water partition coefficient (Wildman–Crippen LogP) is 2.33. The van der Waals surface area contributed by atoms with E-state index < -0.39 is 0 Å². The van der Waals surface area contributed by atoms with Gasteiger partial charge < -0.3 is 10.1 Å². The number of hydrogen-bond acceptors (Lipinski definition) is 6. The molecule has 0 saturated carbocycles. The first kappa shape index (κ1) is 11.8. The maximum Gasteiger partial charge on any atom is 0.218 e. The number of aromatic nitrogens is 3. The first-order valence-corrected chi connectivity index (χ1v) is 6.32. The van der Waals surface area contributed by atoms with Crippen LogP contribution in [0, 0.1) is 0 Å². The zero-order valence-corrected chi connectivity index (χ0v) is 10.4. The number of rotatable bonds is 6. The second-order valence-electron chi connectivity index (χ2n) is 3.41. The fourth-order valence-corrected chi connectivity index (χ4v) is 1.76. The average Bonchev–Trinajstić information content (AvgIpc) is 2.87. The lowest BCUT2D eigenvalue weighted by atomic mass is 10.5. The summed E-state index contributed by atoms with van der Waals surface area (Å²) in [6.45, 7) is 3.45. The number of anilines is 1. The first-order chi connectivity index (χ1) is 8.38. The molecule has 0 radical (unpaired) electrons. The lowest BCUT2D eigenvalue weighted by Crippen LogP contribution is -2.02. The monoisotopic (exact) mass is 250 g/mol. The van der Waals surface area contributed by atoms with E-state index in [2.05, 4.69) is 27.2 Å². The predicted molar refractivity (Wildman–Crippen MR) is 67.3 cm³/mol. The van der Waals surface area contributed by atoms with Crippen LogP contribution in [0.4, 0.5) is 5.82 Å². The van der Waals surface area contributed by atoms with Crippen molar-refractivity contribution in [1.29, 1.82) is 0 Å². The highest BCUT2D eigenvalue weighted by atomic mass is 32.1. The van der Waals surface area contributed by atoms with Crippen LogP contribution in [0.1, 0.15) is 18.2 Å². The van der Waals surface area contributed by atoms with Gasteiger partial charge in [0.1, 0.15) is 12.1 Å². The number of nitrogens with zero attached hydrogens (tertiary/aromatic N) is 3. The molecule has 0 fully saturated rings. The minimum Gasteiger partial charge on any atom is -0.478 e. The molecule has 6 heteroatoms. The highest BCUT2D eigenvalue weighted by Crippen LogP contribution is 2.13. The summed E-state index contributed by atoms with van der Waals surface area (Å²) < 4.78 is 5.43. The quantitative estimate of drug-likeness (QED) is 0.852. The van der Waals surface area contributed by atoms with Crippen molar-refractivity contribution in [3.63, 3.8) is 0 Å². The van der Waals surface area contributed by atoms with Crippen molar-refractivity contribution in [3.8, 4) is 5.88 Å². The van der Waals surface area contributed by atoms with E-state index in [-0.39, 0.29) is 0 Å². The molecule has 2 heterocycles. The SMILES string of the molecule is CCCOc1cc(NCc2cncs2)ncn1. The van der Waals surface area contributed by atoms with Gasteiger partial charge in [0.15, 0.2) is 0 Å². The zero-order valence-electron chi connectivity index (χ0n) is 9.59. The zero-order chi connectivity index (χ0) is 11.9. The second kappa shape index (κ2) is 6.15. The molecular formula is C11H14N4OS. The van der Waals surface area contributed by atoms with Crippen LogP contribution in [0.15, 0.2) is 24.1 Å². The van der Waals surface area contributed by atoms with Gasteiger partial charge in [0.2, 0.25) is 5.88 Å². The van der Waals surface area contributed by atoms with Crippen LogP contribution < -0.4 is 10.1 Å². The first-order valence-electron chi connectivity index (χ1n) is 5.44. The van der Waals surface area contributed by atoms with Crippen LogP contribution in [0.5, 0.6) is 5.88 Å². The fraction of sp³-hybridized carbons (Fsp3) is 0.364. The van der Waals surface area contributed by atoms with Crippen molar-refractivity contribution in [2.45, 2.75) is 19.9 Å². The minimum absolute atomic E-state index is 0.605. The largest absolute Gasteiger partial charge is 0.478 e. The van der Waals surface area contributed by atoms with Gasteiger partial charge in [-0.15, -0.1) is 11.3 Å². The summed E-state index contributed by atoms with van der Waals surface area (Å²) >= 11 is 1.61. The number of hydrogen-bond donors (Lipinski definition) is 1. The van der Waals surface area contributed by atoms with Gasteiger partial charge in [-0.1, -0.05) is 6.92 Å². The van der Waals surface area contributed by atoms with Gasteiger partial charge in [-0.25, -0.2) is 9.97 Å². The molecule has 0 aliphatic heterocycles. The molecular weight excluding hydrogens is 236 g/mol. The third-order valence-corrected chi connectivity index (χ3v) is 2.80. The summed E-state index contributed by atoms with van der Waals surface area (Å²) in [5, 5.41) is 3.20. The Morgan fingerprint density at radius 3 is 3.12 bits per heavy atom. The van der Waals surface area contributed by atoms with Crippen molar-refractivity contribution >= 4 is 17.2 Å². The van der Waals surface area contributed by atoms with E-state index in [0.717, 1.165) is 18.8 Å². The Balaban J connectivity index is 1.91. The third kappa shape index (κ3) is 3.67.